The summed E-state index contributed by atoms with van der Waals surface area (Å²) in [6.07, 6.45) is 5.14. The van der Waals surface area contributed by atoms with Crippen molar-refractivity contribution < 1.29 is 13.2 Å². The number of hydrogen-bond donors (Lipinski definition) is 0. The van der Waals surface area contributed by atoms with Crippen LogP contribution >= 0.6 is 0 Å². The number of halogens is 3. The van der Waals surface area contributed by atoms with Gasteiger partial charge in [-0.3, -0.25) is 0 Å². The van der Waals surface area contributed by atoms with Crippen LogP contribution in [-0.2, 0) is 0 Å². The molecule has 110 valence electrons. The zero-order chi connectivity index (χ0) is 15.8. The van der Waals surface area contributed by atoms with Gasteiger partial charge in [0.1, 0.15) is 0 Å². The van der Waals surface area contributed by atoms with E-state index in [2.05, 4.69) is 13.2 Å². The highest BCUT2D eigenvalue weighted by atomic mass is 19.4. The maximum Gasteiger partial charge on any atom is 0.416 e. The summed E-state index contributed by atoms with van der Waals surface area (Å²) in [4.78, 5) is 0. The Hall–Kier alpha value is -1.77. The molecule has 3 heteroatoms. The first-order chi connectivity index (χ1) is 9.26. The van der Waals surface area contributed by atoms with Gasteiger partial charge >= 0.3 is 6.18 Å². The van der Waals surface area contributed by atoms with Gasteiger partial charge in [-0.2, -0.15) is 13.2 Å². The standard InChI is InChI=1S/C17H21F3/c1-6-9-15(12-13(4)7-2)14(5)10-11-16(8-3)17(18,19)20/h6,8-12H,1,3,7H2,2,4-5H3/b13-12+,14-10+,15-9+,16-11+. The molecule has 0 aliphatic rings. The lowest BCUT2D eigenvalue weighted by atomic mass is 10.0. The Kier molecular flexibility index (Phi) is 7.67. The molecule has 0 aliphatic heterocycles. The molecule has 0 saturated carbocycles. The van der Waals surface area contributed by atoms with E-state index in [9.17, 15) is 13.2 Å². The lowest BCUT2D eigenvalue weighted by molar-refractivity contribution is -0.0881. The Morgan fingerprint density at radius 1 is 1.05 bits per heavy atom. The van der Waals surface area contributed by atoms with Crippen molar-refractivity contribution in [3.05, 3.63) is 71.9 Å². The van der Waals surface area contributed by atoms with Gasteiger partial charge in [-0.05, 0) is 37.5 Å². The SMILES string of the molecule is C=C/C=C(\C=C(/C)CC)C(/C)=C/C=C(\C=C)C(F)(F)F. The minimum Gasteiger partial charge on any atom is -0.166 e. The van der Waals surface area contributed by atoms with Crippen molar-refractivity contribution in [1.82, 2.24) is 0 Å². The van der Waals surface area contributed by atoms with Crippen molar-refractivity contribution in [3.63, 3.8) is 0 Å². The van der Waals surface area contributed by atoms with E-state index < -0.39 is 11.7 Å². The van der Waals surface area contributed by atoms with Crippen LogP contribution in [0.4, 0.5) is 13.2 Å². The molecule has 0 heterocycles. The molecule has 20 heavy (non-hydrogen) atoms. The van der Waals surface area contributed by atoms with Gasteiger partial charge in [0.05, 0.1) is 5.57 Å². The van der Waals surface area contributed by atoms with Crippen molar-refractivity contribution in [3.8, 4) is 0 Å². The fourth-order valence-corrected chi connectivity index (χ4v) is 1.38. The molecule has 0 unspecified atom stereocenters. The zero-order valence-corrected chi connectivity index (χ0v) is 12.2. The molecular formula is C17H21F3. The average Bonchev–Trinajstić information content (AvgIpc) is 2.36. The van der Waals surface area contributed by atoms with Gasteiger partial charge < -0.3 is 0 Å². The van der Waals surface area contributed by atoms with Crippen LogP contribution < -0.4 is 0 Å². The molecule has 0 fully saturated rings. The van der Waals surface area contributed by atoms with Crippen molar-refractivity contribution in [2.75, 3.05) is 0 Å². The second-order valence-corrected chi connectivity index (χ2v) is 4.38. The quantitative estimate of drug-likeness (QED) is 0.518. The second kappa shape index (κ2) is 8.41. The van der Waals surface area contributed by atoms with E-state index in [0.29, 0.717) is 0 Å². The summed E-state index contributed by atoms with van der Waals surface area (Å²) in [5.74, 6) is 0. The van der Waals surface area contributed by atoms with Gasteiger partial charge in [0.25, 0.3) is 0 Å². The summed E-state index contributed by atoms with van der Waals surface area (Å²) in [7, 11) is 0. The highest BCUT2D eigenvalue weighted by Crippen LogP contribution is 2.26. The fraction of sp³-hybridized carbons (Fsp3) is 0.294. The minimum absolute atomic E-state index is 0.737. The predicted octanol–water partition coefficient (Wildman–Crippen LogP) is 6.08. The molecule has 0 aromatic carbocycles. The molecule has 0 aliphatic carbocycles. The van der Waals surface area contributed by atoms with Gasteiger partial charge in [0, 0.05) is 0 Å². The molecule has 0 N–H and O–H groups in total. The molecule has 0 atom stereocenters. The van der Waals surface area contributed by atoms with E-state index in [0.717, 1.165) is 35.3 Å². The lowest BCUT2D eigenvalue weighted by Crippen LogP contribution is -2.09. The van der Waals surface area contributed by atoms with E-state index in [4.69, 9.17) is 0 Å². The van der Waals surface area contributed by atoms with E-state index >= 15 is 0 Å². The Bertz CT molecular complexity index is 469. The maximum absolute atomic E-state index is 12.6. The highest BCUT2D eigenvalue weighted by Gasteiger charge is 2.30. The Morgan fingerprint density at radius 2 is 1.65 bits per heavy atom. The van der Waals surface area contributed by atoms with E-state index in [1.54, 1.807) is 19.1 Å². The summed E-state index contributed by atoms with van der Waals surface area (Å²) in [5, 5.41) is 0. The van der Waals surface area contributed by atoms with Crippen LogP contribution in [0.5, 0.6) is 0 Å². The van der Waals surface area contributed by atoms with Gasteiger partial charge in [0.15, 0.2) is 0 Å². The number of rotatable bonds is 6. The summed E-state index contributed by atoms with van der Waals surface area (Å²) in [5.41, 5.74) is 1.98. The molecule has 0 nitrogen and oxygen atoms in total. The van der Waals surface area contributed by atoms with Crippen molar-refractivity contribution in [1.29, 1.82) is 0 Å². The lowest BCUT2D eigenvalue weighted by Gasteiger charge is -2.07. The van der Waals surface area contributed by atoms with E-state index in [1.807, 2.05) is 19.9 Å². The first kappa shape index (κ1) is 18.2. The third-order valence-electron chi connectivity index (χ3n) is 2.77. The molecule has 0 rings (SSSR count). The summed E-state index contributed by atoms with van der Waals surface area (Å²) in [6.45, 7) is 12.6. The molecule has 0 radical (unpaired) electrons. The fourth-order valence-electron chi connectivity index (χ4n) is 1.38. The van der Waals surface area contributed by atoms with Crippen LogP contribution in [0.2, 0.25) is 0 Å². The largest absolute Gasteiger partial charge is 0.416 e. The van der Waals surface area contributed by atoms with Crippen molar-refractivity contribution in [2.24, 2.45) is 0 Å². The molecule has 0 spiro atoms. The topological polar surface area (TPSA) is 0 Å². The van der Waals surface area contributed by atoms with E-state index in [1.165, 1.54) is 6.08 Å². The van der Waals surface area contributed by atoms with Gasteiger partial charge in [0.2, 0.25) is 0 Å². The molecule has 0 saturated heterocycles. The number of hydrogen-bond acceptors (Lipinski definition) is 0. The average molecular weight is 282 g/mol. The minimum atomic E-state index is -4.38. The third kappa shape index (κ3) is 6.41. The van der Waals surface area contributed by atoms with Gasteiger partial charge in [-0.1, -0.05) is 56.0 Å². The molecule has 0 aromatic heterocycles. The molecule has 0 amide bonds. The summed E-state index contributed by atoms with van der Waals surface area (Å²) < 4.78 is 37.7. The number of allylic oxidation sites excluding steroid dienone is 10. The summed E-state index contributed by atoms with van der Waals surface area (Å²) in [6, 6.07) is 0. The van der Waals surface area contributed by atoms with Crippen molar-refractivity contribution >= 4 is 0 Å². The van der Waals surface area contributed by atoms with Crippen LogP contribution in [0.15, 0.2) is 71.9 Å². The van der Waals surface area contributed by atoms with Crippen LogP contribution in [0.1, 0.15) is 27.2 Å². The zero-order valence-electron chi connectivity index (χ0n) is 12.2. The predicted molar refractivity (Wildman–Crippen MR) is 80.4 cm³/mol. The Labute approximate surface area is 119 Å². The van der Waals surface area contributed by atoms with Crippen LogP contribution in [0.3, 0.4) is 0 Å². The van der Waals surface area contributed by atoms with Crippen LogP contribution in [-0.4, -0.2) is 6.18 Å². The normalized spacial score (nSPS) is 15.3. The van der Waals surface area contributed by atoms with Crippen LogP contribution in [0, 0.1) is 0 Å². The molecule has 0 aromatic rings. The molecule has 0 bridgehead atoms. The summed E-state index contributed by atoms with van der Waals surface area (Å²) >= 11 is 0. The van der Waals surface area contributed by atoms with Gasteiger partial charge in [-0.15, -0.1) is 0 Å². The Morgan fingerprint density at radius 3 is 2.05 bits per heavy atom. The smallest absolute Gasteiger partial charge is 0.166 e. The first-order valence-corrected chi connectivity index (χ1v) is 6.34. The third-order valence-corrected chi connectivity index (χ3v) is 2.77. The van der Waals surface area contributed by atoms with Crippen molar-refractivity contribution in [2.45, 2.75) is 33.4 Å². The van der Waals surface area contributed by atoms with Gasteiger partial charge in [-0.25, -0.2) is 0 Å². The number of alkyl halides is 3. The monoisotopic (exact) mass is 282 g/mol. The Balaban J connectivity index is 5.48. The molecular weight excluding hydrogens is 261 g/mol. The highest BCUT2D eigenvalue weighted by molar-refractivity contribution is 5.44. The van der Waals surface area contributed by atoms with Crippen LogP contribution in [0.25, 0.3) is 0 Å². The first-order valence-electron chi connectivity index (χ1n) is 6.34. The van der Waals surface area contributed by atoms with E-state index in [-0.39, 0.29) is 0 Å². The second-order valence-electron chi connectivity index (χ2n) is 4.38. The maximum atomic E-state index is 12.6.